The van der Waals surface area contributed by atoms with Gasteiger partial charge in [0.05, 0.1) is 0 Å². The molecule has 0 N–H and O–H groups in total. The fourth-order valence-corrected chi connectivity index (χ4v) is 5.65. The van der Waals surface area contributed by atoms with Crippen LogP contribution in [0.25, 0.3) is 0 Å². The predicted octanol–water partition coefficient (Wildman–Crippen LogP) is 4.83. The monoisotopic (exact) mass is 270 g/mol. The van der Waals surface area contributed by atoms with Crippen molar-refractivity contribution in [1.29, 1.82) is 0 Å². The molecule has 20 heavy (non-hydrogen) atoms. The summed E-state index contributed by atoms with van der Waals surface area (Å²) in [6, 6.07) is 0. The first-order chi connectivity index (χ1) is 9.76. The van der Waals surface area contributed by atoms with Gasteiger partial charge in [0.15, 0.2) is 5.78 Å². The molecule has 4 aliphatic carbocycles. The second-order valence-corrected chi connectivity index (χ2v) is 7.49. The van der Waals surface area contributed by atoms with E-state index in [4.69, 9.17) is 0 Å². The lowest BCUT2D eigenvalue weighted by molar-refractivity contribution is -0.114. The lowest BCUT2D eigenvalue weighted by Crippen LogP contribution is -2.30. The molecule has 0 saturated heterocycles. The molecular weight excluding hydrogens is 244 g/mol. The average molecular weight is 270 g/mol. The van der Waals surface area contributed by atoms with Crippen LogP contribution in [0.15, 0.2) is 22.8 Å². The summed E-state index contributed by atoms with van der Waals surface area (Å²) >= 11 is 0. The van der Waals surface area contributed by atoms with Gasteiger partial charge in [-0.25, -0.2) is 0 Å². The second-order valence-electron chi connectivity index (χ2n) is 7.49. The Morgan fingerprint density at radius 3 is 2.85 bits per heavy atom. The van der Waals surface area contributed by atoms with Crippen LogP contribution in [0.1, 0.15) is 64.7 Å². The lowest BCUT2D eigenvalue weighted by atomic mass is 9.63. The summed E-state index contributed by atoms with van der Waals surface area (Å²) in [6.45, 7) is 2.37. The lowest BCUT2D eigenvalue weighted by Gasteiger charge is -2.42. The van der Waals surface area contributed by atoms with Crippen molar-refractivity contribution in [1.82, 2.24) is 0 Å². The van der Waals surface area contributed by atoms with E-state index in [1.54, 1.807) is 11.1 Å². The summed E-state index contributed by atoms with van der Waals surface area (Å²) < 4.78 is 0. The maximum atomic E-state index is 11.6. The Bertz CT molecular complexity index is 496. The van der Waals surface area contributed by atoms with Crippen molar-refractivity contribution in [3.8, 4) is 0 Å². The molecule has 0 spiro atoms. The number of carbonyl (C=O) groups excluding carboxylic acids is 1. The minimum atomic E-state index is 0.364. The number of hydrogen-bond acceptors (Lipinski definition) is 1. The summed E-state index contributed by atoms with van der Waals surface area (Å²) in [5.41, 5.74) is 4.82. The molecule has 0 bridgehead atoms. The van der Waals surface area contributed by atoms with Gasteiger partial charge in [-0.05, 0) is 85.8 Å². The van der Waals surface area contributed by atoms with E-state index >= 15 is 0 Å². The standard InChI is InChI=1S/C19H26O/c1-2-12-9-13-3-6-17-16-8-5-15(20)11-14(16)4-7-18(17)19(13)10-12/h11-13,18-19H,2-10H2,1H3/t12?,13-,18-,19-/m1/s1. The summed E-state index contributed by atoms with van der Waals surface area (Å²) in [6.07, 6.45) is 13.4. The Hall–Kier alpha value is -0.850. The van der Waals surface area contributed by atoms with Gasteiger partial charge in [-0.3, -0.25) is 4.79 Å². The molecule has 1 nitrogen and oxygen atoms in total. The Balaban J connectivity index is 1.66. The number of rotatable bonds is 1. The van der Waals surface area contributed by atoms with Crippen LogP contribution in [-0.4, -0.2) is 5.78 Å². The highest BCUT2D eigenvalue weighted by atomic mass is 16.1. The molecule has 0 aromatic heterocycles. The fourth-order valence-electron chi connectivity index (χ4n) is 5.65. The minimum Gasteiger partial charge on any atom is -0.295 e. The average Bonchev–Trinajstić information content (AvgIpc) is 2.89. The van der Waals surface area contributed by atoms with E-state index < -0.39 is 0 Å². The summed E-state index contributed by atoms with van der Waals surface area (Å²) in [4.78, 5) is 11.6. The van der Waals surface area contributed by atoms with Gasteiger partial charge in [-0.1, -0.05) is 18.9 Å². The van der Waals surface area contributed by atoms with E-state index in [2.05, 4.69) is 6.92 Å². The van der Waals surface area contributed by atoms with E-state index in [1.807, 2.05) is 6.08 Å². The summed E-state index contributed by atoms with van der Waals surface area (Å²) in [5.74, 6) is 4.24. The third-order valence-corrected chi connectivity index (χ3v) is 6.63. The van der Waals surface area contributed by atoms with Gasteiger partial charge >= 0.3 is 0 Å². The van der Waals surface area contributed by atoms with Crippen molar-refractivity contribution in [3.05, 3.63) is 22.8 Å². The molecule has 0 amide bonds. The molecule has 0 radical (unpaired) electrons. The van der Waals surface area contributed by atoms with Gasteiger partial charge in [0.25, 0.3) is 0 Å². The summed E-state index contributed by atoms with van der Waals surface area (Å²) in [5, 5.41) is 0. The predicted molar refractivity (Wildman–Crippen MR) is 81.3 cm³/mol. The molecule has 4 aliphatic rings. The fraction of sp³-hybridized carbons (Fsp3) is 0.737. The Kier molecular flexibility index (Phi) is 3.12. The van der Waals surface area contributed by atoms with Crippen molar-refractivity contribution in [2.24, 2.45) is 23.7 Å². The van der Waals surface area contributed by atoms with Crippen LogP contribution in [0.5, 0.6) is 0 Å². The number of carbonyl (C=O) groups is 1. The first-order valence-electron chi connectivity index (χ1n) is 8.72. The molecule has 1 heteroatoms. The largest absolute Gasteiger partial charge is 0.295 e. The van der Waals surface area contributed by atoms with E-state index in [1.165, 1.54) is 50.5 Å². The second kappa shape index (κ2) is 4.86. The third kappa shape index (κ3) is 1.93. The molecule has 1 unspecified atom stereocenters. The number of fused-ring (bicyclic) bond motifs is 4. The van der Waals surface area contributed by atoms with E-state index in [-0.39, 0.29) is 0 Å². The maximum absolute atomic E-state index is 11.6. The Morgan fingerprint density at radius 1 is 1.10 bits per heavy atom. The van der Waals surface area contributed by atoms with Crippen molar-refractivity contribution in [2.45, 2.75) is 64.7 Å². The molecule has 0 heterocycles. The smallest absolute Gasteiger partial charge is 0.156 e. The highest BCUT2D eigenvalue weighted by Crippen LogP contribution is 2.55. The third-order valence-electron chi connectivity index (χ3n) is 6.63. The van der Waals surface area contributed by atoms with Crippen molar-refractivity contribution < 1.29 is 4.79 Å². The zero-order valence-corrected chi connectivity index (χ0v) is 12.7. The molecule has 4 rings (SSSR count). The van der Waals surface area contributed by atoms with E-state index in [0.29, 0.717) is 5.78 Å². The first kappa shape index (κ1) is 12.9. The van der Waals surface area contributed by atoms with Crippen molar-refractivity contribution >= 4 is 5.78 Å². The van der Waals surface area contributed by atoms with E-state index in [0.717, 1.165) is 36.5 Å². The van der Waals surface area contributed by atoms with Crippen LogP contribution < -0.4 is 0 Å². The topological polar surface area (TPSA) is 17.1 Å². The van der Waals surface area contributed by atoms with Gasteiger partial charge in [-0.15, -0.1) is 0 Å². The molecule has 2 fully saturated rings. The van der Waals surface area contributed by atoms with Gasteiger partial charge in [-0.2, -0.15) is 0 Å². The zero-order valence-electron chi connectivity index (χ0n) is 12.7. The zero-order chi connectivity index (χ0) is 13.7. The Morgan fingerprint density at radius 2 is 2.00 bits per heavy atom. The normalized spacial score (nSPS) is 40.0. The maximum Gasteiger partial charge on any atom is 0.156 e. The van der Waals surface area contributed by atoms with Crippen LogP contribution in [-0.2, 0) is 4.79 Å². The van der Waals surface area contributed by atoms with Crippen molar-refractivity contribution in [3.63, 3.8) is 0 Å². The quantitative estimate of drug-likeness (QED) is 0.667. The molecule has 108 valence electrons. The highest BCUT2D eigenvalue weighted by molar-refractivity contribution is 5.93. The van der Waals surface area contributed by atoms with Gasteiger partial charge in [0.2, 0.25) is 0 Å². The van der Waals surface area contributed by atoms with E-state index in [9.17, 15) is 4.79 Å². The summed E-state index contributed by atoms with van der Waals surface area (Å²) in [7, 11) is 0. The number of ketones is 1. The SMILES string of the molecule is CCC1C[C@H]2CCC3=C4CCC(=O)C=C4CC[C@H]3[C@@H]2C1. The molecule has 0 aromatic carbocycles. The van der Waals surface area contributed by atoms with Crippen LogP contribution >= 0.6 is 0 Å². The van der Waals surface area contributed by atoms with Crippen LogP contribution in [0.4, 0.5) is 0 Å². The Labute approximate surface area is 122 Å². The van der Waals surface area contributed by atoms with Crippen LogP contribution in [0.3, 0.4) is 0 Å². The van der Waals surface area contributed by atoms with Gasteiger partial charge in [0.1, 0.15) is 0 Å². The number of hydrogen-bond donors (Lipinski definition) is 0. The molecule has 2 saturated carbocycles. The van der Waals surface area contributed by atoms with Gasteiger partial charge < -0.3 is 0 Å². The van der Waals surface area contributed by atoms with Crippen molar-refractivity contribution in [2.75, 3.05) is 0 Å². The minimum absolute atomic E-state index is 0.364. The van der Waals surface area contributed by atoms with Crippen LogP contribution in [0, 0.1) is 23.7 Å². The highest BCUT2D eigenvalue weighted by Gasteiger charge is 2.44. The molecule has 0 aliphatic heterocycles. The molecule has 4 atom stereocenters. The number of allylic oxidation sites excluding steroid dienone is 4. The first-order valence-corrected chi connectivity index (χ1v) is 8.72. The van der Waals surface area contributed by atoms with Gasteiger partial charge in [0, 0.05) is 6.42 Å². The molecule has 0 aromatic rings. The van der Waals surface area contributed by atoms with Crippen LogP contribution in [0.2, 0.25) is 0 Å². The molecular formula is C19H26O.